The predicted molar refractivity (Wildman–Crippen MR) is 86.2 cm³/mol. The maximum atomic E-state index is 12.2. The van der Waals surface area contributed by atoms with Gasteiger partial charge in [0.25, 0.3) is 0 Å². The highest BCUT2D eigenvalue weighted by Gasteiger charge is 2.13. The molecule has 0 spiro atoms. The van der Waals surface area contributed by atoms with Crippen molar-refractivity contribution in [3.8, 4) is 0 Å². The standard InChI is InChI=1S/C17H18N2O2/c1-2-21-17(20)16(13-5-9-15(19)10-6-13)11-12-3-7-14(18)8-4-12/h3-11H,2,18-19H2,1H3/b16-11+. The fraction of sp³-hybridized carbons (Fsp3) is 0.118. The summed E-state index contributed by atoms with van der Waals surface area (Å²) in [4.78, 5) is 12.2. The number of ether oxygens (including phenoxy) is 1. The molecule has 0 atom stereocenters. The van der Waals surface area contributed by atoms with Gasteiger partial charge in [-0.25, -0.2) is 4.79 Å². The van der Waals surface area contributed by atoms with Gasteiger partial charge >= 0.3 is 5.97 Å². The number of anilines is 2. The molecule has 21 heavy (non-hydrogen) atoms. The second-order valence-corrected chi connectivity index (χ2v) is 4.57. The summed E-state index contributed by atoms with van der Waals surface area (Å²) in [6, 6.07) is 14.4. The zero-order valence-electron chi connectivity index (χ0n) is 11.9. The number of hydrogen-bond acceptors (Lipinski definition) is 4. The molecule has 0 amide bonds. The zero-order valence-corrected chi connectivity index (χ0v) is 11.9. The minimum Gasteiger partial charge on any atom is -0.462 e. The molecule has 0 radical (unpaired) electrons. The normalized spacial score (nSPS) is 11.2. The number of carbonyl (C=O) groups excluding carboxylic acids is 1. The van der Waals surface area contributed by atoms with Crippen LogP contribution in [0.2, 0.25) is 0 Å². The molecule has 108 valence electrons. The molecule has 4 heteroatoms. The Morgan fingerprint density at radius 2 is 1.52 bits per heavy atom. The first-order chi connectivity index (χ1) is 10.1. The third kappa shape index (κ3) is 3.86. The van der Waals surface area contributed by atoms with E-state index in [2.05, 4.69) is 0 Å². The molecule has 0 aromatic heterocycles. The van der Waals surface area contributed by atoms with Crippen LogP contribution in [-0.4, -0.2) is 12.6 Å². The maximum absolute atomic E-state index is 12.2. The Labute approximate surface area is 124 Å². The van der Waals surface area contributed by atoms with E-state index in [9.17, 15) is 4.79 Å². The van der Waals surface area contributed by atoms with Crippen LogP contribution < -0.4 is 11.5 Å². The lowest BCUT2D eigenvalue weighted by Crippen LogP contribution is -2.07. The van der Waals surface area contributed by atoms with E-state index in [0.717, 1.165) is 11.1 Å². The second kappa shape index (κ2) is 6.61. The Morgan fingerprint density at radius 3 is 2.05 bits per heavy atom. The van der Waals surface area contributed by atoms with E-state index in [-0.39, 0.29) is 5.97 Å². The van der Waals surface area contributed by atoms with E-state index in [1.54, 1.807) is 49.4 Å². The minimum absolute atomic E-state index is 0.326. The lowest BCUT2D eigenvalue weighted by Gasteiger charge is -2.08. The highest BCUT2D eigenvalue weighted by Crippen LogP contribution is 2.21. The summed E-state index contributed by atoms with van der Waals surface area (Å²) in [6.07, 6.45) is 1.78. The molecule has 0 aliphatic heterocycles. The van der Waals surface area contributed by atoms with Gasteiger partial charge in [0.15, 0.2) is 0 Å². The van der Waals surface area contributed by atoms with Gasteiger partial charge in [-0.2, -0.15) is 0 Å². The van der Waals surface area contributed by atoms with Crippen LogP contribution in [0, 0.1) is 0 Å². The van der Waals surface area contributed by atoms with Gasteiger partial charge in [-0.15, -0.1) is 0 Å². The summed E-state index contributed by atoms with van der Waals surface area (Å²) < 4.78 is 5.12. The smallest absolute Gasteiger partial charge is 0.338 e. The largest absolute Gasteiger partial charge is 0.462 e. The third-order valence-electron chi connectivity index (χ3n) is 2.96. The van der Waals surface area contributed by atoms with Crippen LogP contribution in [0.5, 0.6) is 0 Å². The third-order valence-corrected chi connectivity index (χ3v) is 2.96. The molecule has 2 rings (SSSR count). The van der Waals surface area contributed by atoms with Gasteiger partial charge in [-0.3, -0.25) is 0 Å². The summed E-state index contributed by atoms with van der Waals surface area (Å²) in [7, 11) is 0. The van der Waals surface area contributed by atoms with Crippen molar-refractivity contribution < 1.29 is 9.53 Å². The number of benzene rings is 2. The SMILES string of the molecule is CCOC(=O)/C(=C/c1ccc(N)cc1)c1ccc(N)cc1. The molecule has 0 saturated carbocycles. The molecular weight excluding hydrogens is 264 g/mol. The van der Waals surface area contributed by atoms with Crippen molar-refractivity contribution in [2.45, 2.75) is 6.92 Å². The molecular formula is C17H18N2O2. The monoisotopic (exact) mass is 282 g/mol. The van der Waals surface area contributed by atoms with Gasteiger partial charge in [0.05, 0.1) is 12.2 Å². The van der Waals surface area contributed by atoms with Crippen molar-refractivity contribution in [3.63, 3.8) is 0 Å². The molecule has 4 nitrogen and oxygen atoms in total. The van der Waals surface area contributed by atoms with Crippen LogP contribution in [0.25, 0.3) is 11.6 Å². The number of nitrogen functional groups attached to an aromatic ring is 2. The number of hydrogen-bond donors (Lipinski definition) is 2. The number of nitrogens with two attached hydrogens (primary N) is 2. The van der Waals surface area contributed by atoms with Gasteiger partial charge in [0.1, 0.15) is 0 Å². The number of carbonyl (C=O) groups is 1. The summed E-state index contributed by atoms with van der Waals surface area (Å²) >= 11 is 0. The first-order valence-electron chi connectivity index (χ1n) is 6.70. The molecule has 0 aliphatic carbocycles. The minimum atomic E-state index is -0.362. The van der Waals surface area contributed by atoms with E-state index >= 15 is 0 Å². The van der Waals surface area contributed by atoms with Crippen molar-refractivity contribution in [2.75, 3.05) is 18.1 Å². The highest BCUT2D eigenvalue weighted by molar-refractivity contribution is 6.21. The van der Waals surface area contributed by atoms with Crippen LogP contribution in [0.4, 0.5) is 11.4 Å². The van der Waals surface area contributed by atoms with Crippen molar-refractivity contribution >= 4 is 29.0 Å². The van der Waals surface area contributed by atoms with Gasteiger partial charge < -0.3 is 16.2 Å². The van der Waals surface area contributed by atoms with Crippen LogP contribution in [0.1, 0.15) is 18.1 Å². The lowest BCUT2D eigenvalue weighted by atomic mass is 10.0. The average Bonchev–Trinajstić information content (AvgIpc) is 2.48. The van der Waals surface area contributed by atoms with Crippen LogP contribution >= 0.6 is 0 Å². The van der Waals surface area contributed by atoms with Crippen LogP contribution in [-0.2, 0) is 9.53 Å². The fourth-order valence-corrected chi connectivity index (χ4v) is 1.89. The topological polar surface area (TPSA) is 78.3 Å². The molecule has 2 aromatic carbocycles. The van der Waals surface area contributed by atoms with Gasteiger partial charge in [0, 0.05) is 11.4 Å². The number of esters is 1. The van der Waals surface area contributed by atoms with Crippen molar-refractivity contribution in [1.29, 1.82) is 0 Å². The summed E-state index contributed by atoms with van der Waals surface area (Å²) in [6.45, 7) is 2.11. The molecule has 4 N–H and O–H groups in total. The van der Waals surface area contributed by atoms with Crippen molar-refractivity contribution in [3.05, 3.63) is 59.7 Å². The molecule has 0 saturated heterocycles. The molecule has 0 bridgehead atoms. The van der Waals surface area contributed by atoms with Gasteiger partial charge in [-0.05, 0) is 48.4 Å². The average molecular weight is 282 g/mol. The van der Waals surface area contributed by atoms with Crippen LogP contribution in [0.3, 0.4) is 0 Å². The molecule has 2 aromatic rings. The van der Waals surface area contributed by atoms with Crippen molar-refractivity contribution in [1.82, 2.24) is 0 Å². The Hall–Kier alpha value is -2.75. The molecule has 0 unspecified atom stereocenters. The van der Waals surface area contributed by atoms with E-state index in [0.29, 0.717) is 23.6 Å². The fourth-order valence-electron chi connectivity index (χ4n) is 1.89. The Bertz CT molecular complexity index is 643. The maximum Gasteiger partial charge on any atom is 0.338 e. The molecule has 0 heterocycles. The van der Waals surface area contributed by atoms with E-state index in [1.807, 2.05) is 12.1 Å². The zero-order chi connectivity index (χ0) is 15.2. The molecule has 0 aliphatic rings. The van der Waals surface area contributed by atoms with E-state index in [4.69, 9.17) is 16.2 Å². The highest BCUT2D eigenvalue weighted by atomic mass is 16.5. The summed E-state index contributed by atoms with van der Waals surface area (Å²) in [5.74, 6) is -0.362. The summed E-state index contributed by atoms with van der Waals surface area (Å²) in [5.41, 5.74) is 14.8. The first kappa shape index (κ1) is 14.7. The summed E-state index contributed by atoms with van der Waals surface area (Å²) in [5, 5.41) is 0. The van der Waals surface area contributed by atoms with E-state index in [1.165, 1.54) is 0 Å². The Kier molecular flexibility index (Phi) is 4.61. The first-order valence-corrected chi connectivity index (χ1v) is 6.70. The van der Waals surface area contributed by atoms with Crippen LogP contribution in [0.15, 0.2) is 48.5 Å². The Morgan fingerprint density at radius 1 is 1.00 bits per heavy atom. The van der Waals surface area contributed by atoms with Gasteiger partial charge in [-0.1, -0.05) is 24.3 Å². The second-order valence-electron chi connectivity index (χ2n) is 4.57. The Balaban J connectivity index is 2.42. The number of rotatable bonds is 4. The van der Waals surface area contributed by atoms with E-state index < -0.39 is 0 Å². The quantitative estimate of drug-likeness (QED) is 0.391. The molecule has 0 fully saturated rings. The van der Waals surface area contributed by atoms with Gasteiger partial charge in [0.2, 0.25) is 0 Å². The lowest BCUT2D eigenvalue weighted by molar-refractivity contribution is -0.136. The van der Waals surface area contributed by atoms with Crippen molar-refractivity contribution in [2.24, 2.45) is 0 Å². The predicted octanol–water partition coefficient (Wildman–Crippen LogP) is 2.95.